The molecule has 0 amide bonds. The van der Waals surface area contributed by atoms with E-state index >= 15 is 0 Å². The van der Waals surface area contributed by atoms with Gasteiger partial charge in [0.1, 0.15) is 0 Å². The zero-order valence-electron chi connectivity index (χ0n) is 19.0. The maximum atomic E-state index is 6.07. The van der Waals surface area contributed by atoms with Gasteiger partial charge in [0.15, 0.2) is 0 Å². The third-order valence-electron chi connectivity index (χ3n) is 4.69. The Balaban J connectivity index is 0.000000529. The van der Waals surface area contributed by atoms with Crippen molar-refractivity contribution in [3.05, 3.63) is 164 Å². The van der Waals surface area contributed by atoms with Gasteiger partial charge in [-0.05, 0) is 0 Å². The molecule has 0 saturated carbocycles. The Kier molecular flexibility index (Phi) is 18.5. The van der Waals surface area contributed by atoms with Crippen LogP contribution in [0.25, 0.3) is 0 Å². The van der Waals surface area contributed by atoms with Crippen LogP contribution >= 0.6 is 6.04 Å². The minimum Gasteiger partial charge on any atom is -0.214 e. The summed E-state index contributed by atoms with van der Waals surface area (Å²) in [7, 11) is 0. The minimum absolute atomic E-state index is 0. The molecule has 0 nitrogen and oxygen atoms in total. The van der Waals surface area contributed by atoms with Gasteiger partial charge in [-0.3, -0.25) is 0 Å². The van der Waals surface area contributed by atoms with Crippen molar-refractivity contribution in [3.63, 3.8) is 0 Å². The molecule has 182 valence electrons. The fourth-order valence-corrected chi connectivity index (χ4v) is 6.90. The van der Waals surface area contributed by atoms with Gasteiger partial charge in [-0.15, -0.1) is 33.8 Å². The van der Waals surface area contributed by atoms with Crippen LogP contribution in [0, 0.1) is 0 Å². The molecule has 0 radical (unpaired) electrons. The molecule has 35 heavy (non-hydrogen) atoms. The van der Waals surface area contributed by atoms with Gasteiger partial charge < -0.3 is 0 Å². The Morgan fingerprint density at radius 3 is 0.714 bits per heavy atom. The molecule has 0 aromatic heterocycles. The fraction of sp³-hybridized carbons (Fsp3) is 0. The monoisotopic (exact) mass is 618 g/mol. The Labute approximate surface area is 247 Å². The second kappa shape index (κ2) is 19.5. The molecule has 0 saturated heterocycles. The van der Waals surface area contributed by atoms with E-state index in [4.69, 9.17) is 11.8 Å². The molecular formula is C30H27Fe3PS. The number of hydrogen-bond donors (Lipinski definition) is 0. The molecule has 0 heterocycles. The molecule has 0 atom stereocenters. The summed E-state index contributed by atoms with van der Waals surface area (Å²) in [5.74, 6) is 0. The Bertz CT molecular complexity index is 960. The van der Waals surface area contributed by atoms with E-state index in [1.807, 2.05) is 91.0 Å². The zero-order chi connectivity index (χ0) is 22.3. The second-order valence-electron chi connectivity index (χ2n) is 6.93. The molecule has 0 aliphatic carbocycles. The first-order chi connectivity index (χ1) is 15.8. The van der Waals surface area contributed by atoms with Crippen LogP contribution in [0.1, 0.15) is 0 Å². The predicted molar refractivity (Wildman–Crippen MR) is 145 cm³/mol. The van der Waals surface area contributed by atoms with Crippen molar-refractivity contribution in [1.29, 1.82) is 0 Å². The van der Waals surface area contributed by atoms with Crippen molar-refractivity contribution in [1.82, 2.24) is 0 Å². The Morgan fingerprint density at radius 2 is 0.571 bits per heavy atom. The molecule has 6 rings (SSSR count). The van der Waals surface area contributed by atoms with E-state index in [1.165, 1.54) is 15.9 Å². The number of hydrogen-bond acceptors (Lipinski definition) is 1. The van der Waals surface area contributed by atoms with Crippen molar-refractivity contribution in [3.8, 4) is 0 Å². The molecule has 0 bridgehead atoms. The maximum Gasteiger partial charge on any atom is 2.00 e. The topological polar surface area (TPSA) is 0 Å². The van der Waals surface area contributed by atoms with Gasteiger partial charge in [-0.25, -0.2) is 72.8 Å². The molecule has 0 aliphatic heterocycles. The first kappa shape index (κ1) is 33.3. The first-order valence-corrected chi connectivity index (χ1v) is 13.4. The summed E-state index contributed by atoms with van der Waals surface area (Å²) in [6, 6.07) is 53.6. The van der Waals surface area contributed by atoms with Crippen molar-refractivity contribution in [2.45, 2.75) is 0 Å². The average Bonchev–Trinajstić information content (AvgIpc) is 3.74. The van der Waals surface area contributed by atoms with Crippen LogP contribution in [0.3, 0.4) is 0 Å². The van der Waals surface area contributed by atoms with E-state index in [2.05, 4.69) is 72.8 Å². The summed E-state index contributed by atoms with van der Waals surface area (Å²) < 4.78 is 0. The first-order valence-electron chi connectivity index (χ1n) is 10.6. The minimum atomic E-state index is -1.80. The second-order valence-corrected chi connectivity index (χ2v) is 11.3. The maximum absolute atomic E-state index is 6.07. The molecule has 0 spiro atoms. The molecule has 6 aromatic carbocycles. The van der Waals surface area contributed by atoms with Gasteiger partial charge in [-0.2, -0.15) is 91.0 Å². The van der Waals surface area contributed by atoms with Gasteiger partial charge in [0.2, 0.25) is 0 Å². The van der Waals surface area contributed by atoms with E-state index < -0.39 is 6.04 Å². The van der Waals surface area contributed by atoms with E-state index in [-0.39, 0.29) is 51.2 Å². The third kappa shape index (κ3) is 10.8. The largest absolute Gasteiger partial charge is 2.00 e. The normalized spacial score (nSPS) is 9.14. The predicted octanol–water partition coefficient (Wildman–Crippen LogP) is 6.81. The van der Waals surface area contributed by atoms with Crippen LogP contribution in [-0.2, 0) is 63.0 Å². The molecule has 0 fully saturated rings. The molecular weight excluding hydrogens is 591 g/mol. The van der Waals surface area contributed by atoms with Crippen LogP contribution in [-0.4, -0.2) is 0 Å². The van der Waals surface area contributed by atoms with Crippen molar-refractivity contribution in [2.75, 3.05) is 0 Å². The van der Waals surface area contributed by atoms with Crippen LogP contribution < -0.4 is 15.9 Å². The summed E-state index contributed by atoms with van der Waals surface area (Å²) in [6.07, 6.45) is 0. The van der Waals surface area contributed by atoms with Gasteiger partial charge in [0, 0.05) is 0 Å². The summed E-state index contributed by atoms with van der Waals surface area (Å²) in [4.78, 5) is 0. The molecule has 5 heteroatoms. The molecule has 0 aliphatic rings. The van der Waals surface area contributed by atoms with Gasteiger partial charge >= 0.3 is 51.2 Å². The van der Waals surface area contributed by atoms with Crippen LogP contribution in [0.15, 0.2) is 164 Å². The molecule has 0 unspecified atom stereocenters. The van der Waals surface area contributed by atoms with E-state index in [0.717, 1.165) is 0 Å². The van der Waals surface area contributed by atoms with Crippen LogP contribution in [0.4, 0.5) is 0 Å². The van der Waals surface area contributed by atoms with Crippen LogP contribution in [0.2, 0.25) is 0 Å². The molecule has 6 aromatic rings. The SMILES string of the molecule is S=P([c-]1cccc1)([c-]1cccc1)[c-]1cccc1.[Fe+2].[Fe+2].[Fe+2].c1cc[cH-]c1.c1cc[cH-]c1.c1cc[cH-]c1. The summed E-state index contributed by atoms with van der Waals surface area (Å²) >= 11 is 6.07. The van der Waals surface area contributed by atoms with Gasteiger partial charge in [0.25, 0.3) is 0 Å². The number of rotatable bonds is 3. The summed E-state index contributed by atoms with van der Waals surface area (Å²) in [5, 5.41) is 3.85. The van der Waals surface area contributed by atoms with Crippen molar-refractivity contribution in [2.24, 2.45) is 0 Å². The summed E-state index contributed by atoms with van der Waals surface area (Å²) in [6.45, 7) is 0. The van der Waals surface area contributed by atoms with Crippen LogP contribution in [0.5, 0.6) is 0 Å². The standard InChI is InChI=1S/C15H12PS.3C5H5.3Fe/c17-16(13-7-1-2-8-13,14-9-3-4-10-14)15-11-5-6-12-15;3*1-2-4-5-3-1;;;/h1-12H;3*1-5H;;;/q-3;3*-1;3*+2. The van der Waals surface area contributed by atoms with Crippen molar-refractivity contribution < 1.29 is 51.2 Å². The quantitative estimate of drug-likeness (QED) is 0.119. The van der Waals surface area contributed by atoms with E-state index in [9.17, 15) is 0 Å². The average molecular weight is 618 g/mol. The van der Waals surface area contributed by atoms with E-state index in [0.29, 0.717) is 0 Å². The Morgan fingerprint density at radius 1 is 0.371 bits per heavy atom. The smallest absolute Gasteiger partial charge is 0.214 e. The van der Waals surface area contributed by atoms with Gasteiger partial charge in [-0.1, -0.05) is 0 Å². The van der Waals surface area contributed by atoms with Gasteiger partial charge in [0.05, 0.1) is 0 Å². The molecule has 0 N–H and O–H groups in total. The third-order valence-corrected chi connectivity index (χ3v) is 9.67. The van der Waals surface area contributed by atoms with Crippen molar-refractivity contribution >= 4 is 33.8 Å². The van der Waals surface area contributed by atoms with E-state index in [1.54, 1.807) is 0 Å². The fourth-order valence-electron chi connectivity index (χ4n) is 3.13. The summed E-state index contributed by atoms with van der Waals surface area (Å²) in [5.41, 5.74) is 0. The zero-order valence-corrected chi connectivity index (χ0v) is 24.0. The Hall–Kier alpha value is -1.69.